The fraction of sp³-hybridized carbons (Fsp3) is 0.400. The first-order chi connectivity index (χ1) is 12.7. The van der Waals surface area contributed by atoms with Gasteiger partial charge in [0.1, 0.15) is 0 Å². The summed E-state index contributed by atoms with van der Waals surface area (Å²) >= 11 is 0. The minimum atomic E-state index is 0.127. The van der Waals surface area contributed by atoms with Gasteiger partial charge < -0.3 is 9.30 Å². The van der Waals surface area contributed by atoms with Crippen LogP contribution in [0.15, 0.2) is 48.9 Å². The molecule has 4 rings (SSSR count). The zero-order valence-corrected chi connectivity index (χ0v) is 15.4. The van der Waals surface area contributed by atoms with Crippen molar-refractivity contribution in [1.29, 1.82) is 0 Å². The molecule has 4 heterocycles. The van der Waals surface area contributed by atoms with E-state index in [2.05, 4.69) is 44.1 Å². The minimum absolute atomic E-state index is 0.127. The van der Waals surface area contributed by atoms with Crippen molar-refractivity contribution < 1.29 is 4.74 Å². The summed E-state index contributed by atoms with van der Waals surface area (Å²) in [4.78, 5) is 6.98. The van der Waals surface area contributed by atoms with Crippen LogP contribution in [0, 0.1) is 6.92 Å². The second-order valence-electron chi connectivity index (χ2n) is 7.05. The zero-order valence-electron chi connectivity index (χ0n) is 15.4. The number of rotatable bonds is 5. The first-order valence-electron chi connectivity index (χ1n) is 9.04. The topological polar surface area (TPSA) is 48.1 Å². The van der Waals surface area contributed by atoms with Crippen molar-refractivity contribution in [1.82, 2.24) is 24.2 Å². The normalized spacial score (nSPS) is 17.8. The van der Waals surface area contributed by atoms with Crippen LogP contribution in [-0.2, 0) is 38.0 Å². The van der Waals surface area contributed by atoms with Crippen LogP contribution in [0.2, 0.25) is 0 Å². The minimum Gasteiger partial charge on any atom is -0.369 e. The van der Waals surface area contributed by atoms with Crippen molar-refractivity contribution >= 4 is 0 Å². The summed E-state index contributed by atoms with van der Waals surface area (Å²) in [5.74, 6) is 0. The Morgan fingerprint density at radius 1 is 1.19 bits per heavy atom. The number of hydrogen-bond donors (Lipinski definition) is 0. The van der Waals surface area contributed by atoms with E-state index >= 15 is 0 Å². The van der Waals surface area contributed by atoms with Crippen molar-refractivity contribution in [2.75, 3.05) is 6.54 Å². The quantitative estimate of drug-likeness (QED) is 0.709. The Morgan fingerprint density at radius 3 is 2.92 bits per heavy atom. The highest BCUT2D eigenvalue weighted by atomic mass is 16.5. The van der Waals surface area contributed by atoms with E-state index in [0.717, 1.165) is 37.6 Å². The molecule has 0 fully saturated rings. The van der Waals surface area contributed by atoms with Gasteiger partial charge in [-0.1, -0.05) is 6.07 Å². The molecule has 0 amide bonds. The smallest absolute Gasteiger partial charge is 0.0893 e. The standard InChI is InChI=1S/C20H25N5O/c1-16-5-3-6-18(22-16)15-26-20-13-24(11-17-9-21-23(2)10-17)12-19-7-4-8-25(19)14-20/h3-10,20H,11-15H2,1-2H3. The van der Waals surface area contributed by atoms with Crippen LogP contribution in [0.4, 0.5) is 0 Å². The van der Waals surface area contributed by atoms with Crippen LogP contribution in [0.1, 0.15) is 22.6 Å². The van der Waals surface area contributed by atoms with Gasteiger partial charge >= 0.3 is 0 Å². The molecular formula is C20H25N5O. The highest BCUT2D eigenvalue weighted by Crippen LogP contribution is 2.18. The van der Waals surface area contributed by atoms with Crippen LogP contribution < -0.4 is 0 Å². The summed E-state index contributed by atoms with van der Waals surface area (Å²) in [6.07, 6.45) is 6.29. The van der Waals surface area contributed by atoms with E-state index in [4.69, 9.17) is 4.74 Å². The van der Waals surface area contributed by atoms with Gasteiger partial charge in [0, 0.05) is 62.6 Å². The SMILES string of the molecule is Cc1cccc(COC2CN(Cc3cnn(C)c3)Cc3cccn3C2)n1. The molecule has 0 bridgehead atoms. The number of aryl methyl sites for hydroxylation is 2. The second-order valence-corrected chi connectivity index (χ2v) is 7.05. The molecule has 1 aliphatic rings. The lowest BCUT2D eigenvalue weighted by Crippen LogP contribution is -2.32. The first kappa shape index (κ1) is 17.0. The molecule has 1 atom stereocenters. The van der Waals surface area contributed by atoms with Crippen LogP contribution in [0.3, 0.4) is 0 Å². The lowest BCUT2D eigenvalue weighted by Gasteiger charge is -2.23. The summed E-state index contributed by atoms with van der Waals surface area (Å²) in [6, 6.07) is 10.4. The van der Waals surface area contributed by atoms with Gasteiger partial charge in [0.15, 0.2) is 0 Å². The molecule has 0 spiro atoms. The van der Waals surface area contributed by atoms with E-state index in [1.807, 2.05) is 43.0 Å². The van der Waals surface area contributed by atoms with Gasteiger partial charge in [-0.15, -0.1) is 0 Å². The van der Waals surface area contributed by atoms with E-state index in [1.165, 1.54) is 11.3 Å². The Hall–Kier alpha value is -2.44. The van der Waals surface area contributed by atoms with E-state index in [0.29, 0.717) is 6.61 Å². The highest BCUT2D eigenvalue weighted by Gasteiger charge is 2.22. The van der Waals surface area contributed by atoms with Gasteiger partial charge in [-0.3, -0.25) is 14.6 Å². The van der Waals surface area contributed by atoms with Crippen molar-refractivity contribution in [3.8, 4) is 0 Å². The summed E-state index contributed by atoms with van der Waals surface area (Å²) in [7, 11) is 1.96. The van der Waals surface area contributed by atoms with Crippen molar-refractivity contribution in [2.45, 2.75) is 39.3 Å². The molecule has 1 unspecified atom stereocenters. The van der Waals surface area contributed by atoms with Gasteiger partial charge in [-0.05, 0) is 31.2 Å². The lowest BCUT2D eigenvalue weighted by molar-refractivity contribution is 0.00720. The number of nitrogens with zero attached hydrogens (tertiary/aromatic N) is 5. The van der Waals surface area contributed by atoms with Crippen LogP contribution >= 0.6 is 0 Å². The fourth-order valence-electron chi connectivity index (χ4n) is 3.55. The van der Waals surface area contributed by atoms with Gasteiger partial charge in [0.2, 0.25) is 0 Å². The van der Waals surface area contributed by atoms with E-state index in [-0.39, 0.29) is 6.10 Å². The third-order valence-corrected chi connectivity index (χ3v) is 4.75. The van der Waals surface area contributed by atoms with Gasteiger partial charge in [0.25, 0.3) is 0 Å². The molecule has 0 N–H and O–H groups in total. The summed E-state index contributed by atoms with van der Waals surface area (Å²) in [5.41, 5.74) is 4.57. The number of aromatic nitrogens is 4. The average molecular weight is 351 g/mol. The maximum atomic E-state index is 6.26. The highest BCUT2D eigenvalue weighted by molar-refractivity contribution is 5.11. The van der Waals surface area contributed by atoms with Crippen molar-refractivity contribution in [2.24, 2.45) is 7.05 Å². The Kier molecular flexibility index (Phi) is 4.86. The molecule has 6 nitrogen and oxygen atoms in total. The number of hydrogen-bond acceptors (Lipinski definition) is 4. The number of ether oxygens (including phenoxy) is 1. The molecule has 0 saturated carbocycles. The molecule has 1 aliphatic heterocycles. The van der Waals surface area contributed by atoms with Crippen LogP contribution in [0.25, 0.3) is 0 Å². The largest absolute Gasteiger partial charge is 0.369 e. The third kappa shape index (κ3) is 4.03. The number of pyridine rings is 1. The van der Waals surface area contributed by atoms with Crippen LogP contribution in [-0.4, -0.2) is 36.9 Å². The second kappa shape index (κ2) is 7.43. The van der Waals surface area contributed by atoms with E-state index < -0.39 is 0 Å². The Bertz CT molecular complexity index is 868. The van der Waals surface area contributed by atoms with Gasteiger partial charge in [-0.2, -0.15) is 5.10 Å². The van der Waals surface area contributed by atoms with E-state index in [9.17, 15) is 0 Å². The summed E-state index contributed by atoms with van der Waals surface area (Å²) in [6.45, 7) is 6.12. The van der Waals surface area contributed by atoms with E-state index in [1.54, 1.807) is 0 Å². The molecule has 26 heavy (non-hydrogen) atoms. The molecule has 0 aromatic carbocycles. The maximum absolute atomic E-state index is 6.26. The summed E-state index contributed by atoms with van der Waals surface area (Å²) < 4.78 is 10.4. The summed E-state index contributed by atoms with van der Waals surface area (Å²) in [5, 5.41) is 4.29. The van der Waals surface area contributed by atoms with Crippen molar-refractivity contribution in [3.05, 3.63) is 71.6 Å². The first-order valence-corrected chi connectivity index (χ1v) is 9.04. The van der Waals surface area contributed by atoms with Crippen LogP contribution in [0.5, 0.6) is 0 Å². The monoisotopic (exact) mass is 351 g/mol. The Morgan fingerprint density at radius 2 is 2.12 bits per heavy atom. The molecular weight excluding hydrogens is 326 g/mol. The Labute approximate surface area is 154 Å². The molecule has 136 valence electrons. The molecule has 6 heteroatoms. The molecule has 0 saturated heterocycles. The average Bonchev–Trinajstić information content (AvgIpc) is 3.18. The lowest BCUT2D eigenvalue weighted by atomic mass is 10.2. The maximum Gasteiger partial charge on any atom is 0.0893 e. The third-order valence-electron chi connectivity index (χ3n) is 4.75. The predicted molar refractivity (Wildman–Crippen MR) is 99.3 cm³/mol. The fourth-order valence-corrected chi connectivity index (χ4v) is 3.55. The van der Waals surface area contributed by atoms with Crippen molar-refractivity contribution in [3.63, 3.8) is 0 Å². The number of fused-ring (bicyclic) bond motifs is 1. The van der Waals surface area contributed by atoms with Gasteiger partial charge in [-0.25, -0.2) is 0 Å². The zero-order chi connectivity index (χ0) is 17.9. The molecule has 3 aromatic rings. The van der Waals surface area contributed by atoms with Gasteiger partial charge in [0.05, 0.1) is 24.6 Å². The molecule has 0 radical (unpaired) electrons. The predicted octanol–water partition coefficient (Wildman–Crippen LogP) is 2.53. The molecule has 0 aliphatic carbocycles. The Balaban J connectivity index is 1.47. The molecule has 3 aromatic heterocycles.